The zero-order valence-electron chi connectivity index (χ0n) is 15.2. The van der Waals surface area contributed by atoms with Gasteiger partial charge >= 0.3 is 5.97 Å². The molecular formula is C17H26N2O5S. The lowest BCUT2D eigenvalue weighted by Crippen LogP contribution is -2.43. The number of ether oxygens (including phenoxy) is 1. The van der Waals surface area contributed by atoms with E-state index >= 15 is 0 Å². The quantitative estimate of drug-likeness (QED) is 0.620. The first-order valence-corrected chi connectivity index (χ1v) is 10.0. The molecule has 0 aromatic heterocycles. The number of methoxy groups -OCH3 is 1. The van der Waals surface area contributed by atoms with Crippen LogP contribution in [0.3, 0.4) is 0 Å². The Bertz CT molecular complexity index is 697. The van der Waals surface area contributed by atoms with Crippen LogP contribution in [0, 0.1) is 0 Å². The smallest absolute Gasteiger partial charge is 0.340 e. The van der Waals surface area contributed by atoms with E-state index in [-0.39, 0.29) is 23.7 Å². The van der Waals surface area contributed by atoms with Gasteiger partial charge in [0.2, 0.25) is 15.9 Å². The number of sulfonamides is 1. The second kappa shape index (κ2) is 9.41. The van der Waals surface area contributed by atoms with Gasteiger partial charge in [-0.1, -0.05) is 26.0 Å². The van der Waals surface area contributed by atoms with Gasteiger partial charge in [0.05, 0.1) is 24.6 Å². The summed E-state index contributed by atoms with van der Waals surface area (Å²) in [6.45, 7) is 4.67. The molecule has 0 radical (unpaired) electrons. The van der Waals surface area contributed by atoms with Crippen molar-refractivity contribution < 1.29 is 22.7 Å². The summed E-state index contributed by atoms with van der Waals surface area (Å²) in [5, 5.41) is 0. The Hall–Kier alpha value is -2.09. The predicted octanol–water partition coefficient (Wildman–Crippen LogP) is 1.89. The van der Waals surface area contributed by atoms with Crippen LogP contribution in [0.1, 0.15) is 37.0 Å². The van der Waals surface area contributed by atoms with Crippen LogP contribution in [0.15, 0.2) is 24.3 Å². The van der Waals surface area contributed by atoms with E-state index in [0.717, 1.165) is 23.4 Å². The summed E-state index contributed by atoms with van der Waals surface area (Å²) in [4.78, 5) is 26.2. The summed E-state index contributed by atoms with van der Waals surface area (Å²) in [5.41, 5.74) is 0.235. The van der Waals surface area contributed by atoms with Crippen molar-refractivity contribution in [2.75, 3.05) is 37.3 Å². The largest absolute Gasteiger partial charge is 0.465 e. The predicted molar refractivity (Wildman–Crippen MR) is 97.1 cm³/mol. The molecule has 1 amide bonds. The van der Waals surface area contributed by atoms with E-state index in [9.17, 15) is 18.0 Å². The topological polar surface area (TPSA) is 84.0 Å². The molecular weight excluding hydrogens is 344 g/mol. The molecule has 0 atom stereocenters. The standard InChI is InChI=1S/C17H26N2O5S/c1-5-11-18(12-6-2)16(20)13-19(25(4,22)23)15-10-8-7-9-14(15)17(21)24-3/h7-10H,5-6,11-13H2,1-4H3. The zero-order valence-corrected chi connectivity index (χ0v) is 16.0. The van der Waals surface area contributed by atoms with Crippen molar-refractivity contribution in [3.05, 3.63) is 29.8 Å². The van der Waals surface area contributed by atoms with Gasteiger partial charge < -0.3 is 9.64 Å². The minimum absolute atomic E-state index is 0.0979. The fourth-order valence-electron chi connectivity index (χ4n) is 2.48. The maximum atomic E-state index is 12.6. The van der Waals surface area contributed by atoms with Crippen LogP contribution in [0.25, 0.3) is 0 Å². The third-order valence-corrected chi connectivity index (χ3v) is 4.72. The number of esters is 1. The van der Waals surface area contributed by atoms with Gasteiger partial charge in [-0.15, -0.1) is 0 Å². The van der Waals surface area contributed by atoms with Crippen LogP contribution in [0.5, 0.6) is 0 Å². The summed E-state index contributed by atoms with van der Waals surface area (Å²) in [6.07, 6.45) is 2.57. The lowest BCUT2D eigenvalue weighted by molar-refractivity contribution is -0.129. The van der Waals surface area contributed by atoms with E-state index in [1.807, 2.05) is 13.8 Å². The first kappa shape index (κ1) is 21.0. The Kier molecular flexibility index (Phi) is 7.89. The molecule has 1 rings (SSSR count). The molecule has 0 aliphatic carbocycles. The van der Waals surface area contributed by atoms with Crippen molar-refractivity contribution in [3.63, 3.8) is 0 Å². The third-order valence-electron chi connectivity index (χ3n) is 3.60. The molecule has 0 unspecified atom stereocenters. The van der Waals surface area contributed by atoms with Crippen LogP contribution in [-0.2, 0) is 19.6 Å². The molecule has 0 heterocycles. The van der Waals surface area contributed by atoms with Crippen molar-refractivity contribution in [2.24, 2.45) is 0 Å². The van der Waals surface area contributed by atoms with Crippen molar-refractivity contribution >= 4 is 27.6 Å². The number of hydrogen-bond donors (Lipinski definition) is 0. The summed E-state index contributed by atoms with van der Waals surface area (Å²) in [7, 11) is -2.54. The Balaban J connectivity index is 3.25. The summed E-state index contributed by atoms with van der Waals surface area (Å²) < 4.78 is 30.2. The number of anilines is 1. The molecule has 140 valence electrons. The highest BCUT2D eigenvalue weighted by atomic mass is 32.2. The van der Waals surface area contributed by atoms with E-state index in [0.29, 0.717) is 13.1 Å². The number of hydrogen-bond acceptors (Lipinski definition) is 5. The molecule has 0 aliphatic heterocycles. The van der Waals surface area contributed by atoms with E-state index in [1.165, 1.54) is 19.2 Å². The molecule has 0 fully saturated rings. The molecule has 1 aromatic rings. The Labute approximate surface area is 149 Å². The van der Waals surface area contributed by atoms with Crippen molar-refractivity contribution in [2.45, 2.75) is 26.7 Å². The van der Waals surface area contributed by atoms with Gasteiger partial charge in [0.1, 0.15) is 6.54 Å². The summed E-state index contributed by atoms with van der Waals surface area (Å²) >= 11 is 0. The molecule has 8 heteroatoms. The van der Waals surface area contributed by atoms with E-state index in [4.69, 9.17) is 4.74 Å². The zero-order chi connectivity index (χ0) is 19.0. The molecule has 0 bridgehead atoms. The number of para-hydroxylation sites is 1. The van der Waals surface area contributed by atoms with Crippen molar-refractivity contribution in [1.82, 2.24) is 4.90 Å². The number of rotatable bonds is 9. The van der Waals surface area contributed by atoms with Gasteiger partial charge in [0.15, 0.2) is 0 Å². The minimum atomic E-state index is -3.76. The van der Waals surface area contributed by atoms with Gasteiger partial charge in [0, 0.05) is 13.1 Å². The van der Waals surface area contributed by atoms with E-state index in [1.54, 1.807) is 17.0 Å². The van der Waals surface area contributed by atoms with Gasteiger partial charge in [-0.25, -0.2) is 13.2 Å². The maximum absolute atomic E-state index is 12.6. The van der Waals surface area contributed by atoms with E-state index < -0.39 is 16.0 Å². The van der Waals surface area contributed by atoms with Crippen LogP contribution in [0.4, 0.5) is 5.69 Å². The fourth-order valence-corrected chi connectivity index (χ4v) is 3.34. The first-order chi connectivity index (χ1) is 11.8. The normalized spacial score (nSPS) is 11.0. The molecule has 0 N–H and O–H groups in total. The fraction of sp³-hybridized carbons (Fsp3) is 0.529. The molecule has 0 spiro atoms. The average Bonchev–Trinajstić information content (AvgIpc) is 2.57. The SMILES string of the molecule is CCCN(CCC)C(=O)CN(c1ccccc1C(=O)OC)S(C)(=O)=O. The van der Waals surface area contributed by atoms with Crippen LogP contribution >= 0.6 is 0 Å². The van der Waals surface area contributed by atoms with Crippen molar-refractivity contribution in [3.8, 4) is 0 Å². The highest BCUT2D eigenvalue weighted by molar-refractivity contribution is 7.92. The Morgan fingerprint density at radius 3 is 2.12 bits per heavy atom. The van der Waals surface area contributed by atoms with Crippen LogP contribution < -0.4 is 4.31 Å². The van der Waals surface area contributed by atoms with Gasteiger partial charge in [0.25, 0.3) is 0 Å². The van der Waals surface area contributed by atoms with E-state index in [2.05, 4.69) is 0 Å². The highest BCUT2D eigenvalue weighted by Crippen LogP contribution is 2.23. The summed E-state index contributed by atoms with van der Waals surface area (Å²) in [5.74, 6) is -0.954. The highest BCUT2D eigenvalue weighted by Gasteiger charge is 2.27. The Morgan fingerprint density at radius 2 is 1.64 bits per heavy atom. The third kappa shape index (κ3) is 5.74. The molecule has 0 saturated carbocycles. The average molecular weight is 370 g/mol. The Morgan fingerprint density at radius 1 is 1.08 bits per heavy atom. The number of nitrogens with zero attached hydrogens (tertiary/aromatic N) is 2. The minimum Gasteiger partial charge on any atom is -0.465 e. The van der Waals surface area contributed by atoms with Crippen molar-refractivity contribution in [1.29, 1.82) is 0 Å². The number of benzene rings is 1. The second-order valence-electron chi connectivity index (χ2n) is 5.66. The lowest BCUT2D eigenvalue weighted by Gasteiger charge is -2.28. The second-order valence-corrected chi connectivity index (χ2v) is 7.57. The molecule has 1 aromatic carbocycles. The number of carbonyl (C=O) groups is 2. The summed E-state index contributed by atoms with van der Waals surface area (Å²) in [6, 6.07) is 6.18. The molecule has 7 nitrogen and oxygen atoms in total. The molecule has 25 heavy (non-hydrogen) atoms. The molecule has 0 saturated heterocycles. The van der Waals surface area contributed by atoms with Gasteiger partial charge in [-0.2, -0.15) is 0 Å². The first-order valence-electron chi connectivity index (χ1n) is 8.19. The number of carbonyl (C=O) groups excluding carboxylic acids is 2. The lowest BCUT2D eigenvalue weighted by atomic mass is 10.2. The molecule has 0 aliphatic rings. The van der Waals surface area contributed by atoms with Gasteiger partial charge in [-0.05, 0) is 25.0 Å². The monoisotopic (exact) mass is 370 g/mol. The maximum Gasteiger partial charge on any atom is 0.340 e. The number of amides is 1. The van der Waals surface area contributed by atoms with Crippen LogP contribution in [0.2, 0.25) is 0 Å². The van der Waals surface area contributed by atoms with Crippen LogP contribution in [-0.4, -0.2) is 58.2 Å². The van der Waals surface area contributed by atoms with Gasteiger partial charge in [-0.3, -0.25) is 9.10 Å².